The van der Waals surface area contributed by atoms with Crippen LogP contribution in [0.2, 0.25) is 0 Å². The average Bonchev–Trinajstić information content (AvgIpc) is 3.17. The van der Waals surface area contributed by atoms with Gasteiger partial charge < -0.3 is 24.6 Å². The molecule has 55 heavy (non-hydrogen) atoms. The van der Waals surface area contributed by atoms with Crippen molar-refractivity contribution in [1.82, 2.24) is 0 Å². The minimum absolute atomic E-state index is 0.151. The van der Waals surface area contributed by atoms with Gasteiger partial charge in [0.15, 0.2) is 6.10 Å². The van der Waals surface area contributed by atoms with E-state index in [0.29, 0.717) is 19.3 Å². The summed E-state index contributed by atoms with van der Waals surface area (Å²) in [6, 6.07) is 0. The van der Waals surface area contributed by atoms with Crippen LogP contribution in [0, 0.1) is 0 Å². The highest BCUT2D eigenvalue weighted by molar-refractivity contribution is 7.47. The molecule has 11 heteroatoms. The Morgan fingerprint density at radius 3 is 1.56 bits per heavy atom. The summed E-state index contributed by atoms with van der Waals surface area (Å²) in [6.45, 7) is 2.13. The number of phosphoric acid groups is 1. The van der Waals surface area contributed by atoms with Crippen molar-refractivity contribution in [3.8, 4) is 0 Å². The molecule has 0 bridgehead atoms. The van der Waals surface area contributed by atoms with Crippen molar-refractivity contribution in [1.29, 1.82) is 0 Å². The maximum absolute atomic E-state index is 12.6. The molecular formula is C44H73O10P. The Morgan fingerprint density at radius 1 is 0.564 bits per heavy atom. The predicted molar refractivity (Wildman–Crippen MR) is 223 cm³/mol. The number of ether oxygens (including phenoxy) is 2. The van der Waals surface area contributed by atoms with Crippen LogP contribution in [0.4, 0.5) is 0 Å². The Balaban J connectivity index is 4.47. The first kappa shape index (κ1) is 52.2. The van der Waals surface area contributed by atoms with Crippen molar-refractivity contribution >= 4 is 19.8 Å². The van der Waals surface area contributed by atoms with Crippen LogP contribution in [0.15, 0.2) is 85.1 Å². The van der Waals surface area contributed by atoms with Crippen LogP contribution in [0.5, 0.6) is 0 Å². The SMILES string of the molecule is CC/C=C/C/C=C/C/C=C/C/C=C/C/C=C/CCCC(=O)OC[C@H](COP(=O)(O)OC[C@@H](O)CO)OC(=O)CCCCCCC/C=C/C/C=C/CCCCC. The van der Waals surface area contributed by atoms with E-state index in [4.69, 9.17) is 19.1 Å². The second kappa shape index (κ2) is 39.4. The van der Waals surface area contributed by atoms with E-state index in [-0.39, 0.29) is 19.4 Å². The molecule has 0 fully saturated rings. The quantitative estimate of drug-likeness (QED) is 0.0240. The molecule has 314 valence electrons. The van der Waals surface area contributed by atoms with Crippen molar-refractivity contribution in [2.75, 3.05) is 26.4 Å². The lowest BCUT2D eigenvalue weighted by molar-refractivity contribution is -0.161. The van der Waals surface area contributed by atoms with Crippen LogP contribution in [0.1, 0.15) is 142 Å². The molecule has 0 saturated carbocycles. The molecule has 0 spiro atoms. The summed E-state index contributed by atoms with van der Waals surface area (Å²) in [7, 11) is -4.64. The molecule has 1 unspecified atom stereocenters. The van der Waals surface area contributed by atoms with Gasteiger partial charge in [0, 0.05) is 12.8 Å². The molecule has 0 aliphatic carbocycles. The Kier molecular flexibility index (Phi) is 37.3. The van der Waals surface area contributed by atoms with Gasteiger partial charge in [-0.05, 0) is 83.5 Å². The molecule has 0 radical (unpaired) electrons. The smallest absolute Gasteiger partial charge is 0.462 e. The normalized spacial score (nSPS) is 14.8. The van der Waals surface area contributed by atoms with Crippen LogP contribution in [0.3, 0.4) is 0 Å². The molecular weight excluding hydrogens is 719 g/mol. The van der Waals surface area contributed by atoms with Crippen molar-refractivity contribution < 1.29 is 47.8 Å². The monoisotopic (exact) mass is 792 g/mol. The highest BCUT2D eigenvalue weighted by atomic mass is 31.2. The number of aliphatic hydroxyl groups excluding tert-OH is 2. The van der Waals surface area contributed by atoms with E-state index in [1.165, 1.54) is 19.3 Å². The minimum Gasteiger partial charge on any atom is -0.462 e. The molecule has 0 heterocycles. The highest BCUT2D eigenvalue weighted by Gasteiger charge is 2.27. The molecule has 0 aromatic carbocycles. The molecule has 0 aliphatic heterocycles. The maximum Gasteiger partial charge on any atom is 0.472 e. The van der Waals surface area contributed by atoms with E-state index in [1.807, 2.05) is 12.2 Å². The summed E-state index contributed by atoms with van der Waals surface area (Å²) in [4.78, 5) is 34.9. The van der Waals surface area contributed by atoms with Gasteiger partial charge >= 0.3 is 19.8 Å². The molecule has 3 atom stereocenters. The van der Waals surface area contributed by atoms with E-state index < -0.39 is 51.8 Å². The van der Waals surface area contributed by atoms with Crippen molar-refractivity contribution in [2.45, 2.75) is 154 Å². The van der Waals surface area contributed by atoms with Gasteiger partial charge in [0.2, 0.25) is 0 Å². The fourth-order valence-corrected chi connectivity index (χ4v) is 5.67. The molecule has 0 rings (SSSR count). The van der Waals surface area contributed by atoms with E-state index in [9.17, 15) is 24.2 Å². The number of hydrogen-bond acceptors (Lipinski definition) is 9. The molecule has 10 nitrogen and oxygen atoms in total. The number of aliphatic hydroxyl groups is 2. The van der Waals surface area contributed by atoms with Gasteiger partial charge in [0.05, 0.1) is 19.8 Å². The zero-order valence-electron chi connectivity index (χ0n) is 33.9. The molecule has 0 amide bonds. The van der Waals surface area contributed by atoms with Gasteiger partial charge in [-0.15, -0.1) is 0 Å². The van der Waals surface area contributed by atoms with E-state index in [1.54, 1.807) is 0 Å². The van der Waals surface area contributed by atoms with Gasteiger partial charge in [-0.1, -0.05) is 131 Å². The summed E-state index contributed by atoms with van der Waals surface area (Å²) < 4.78 is 32.6. The van der Waals surface area contributed by atoms with E-state index >= 15 is 0 Å². The lowest BCUT2D eigenvalue weighted by Gasteiger charge is -2.20. The summed E-state index contributed by atoms with van der Waals surface area (Å²) in [5.41, 5.74) is 0. The first-order valence-electron chi connectivity index (χ1n) is 20.5. The Labute approximate surface area is 332 Å². The average molecular weight is 793 g/mol. The Morgan fingerprint density at radius 2 is 1.02 bits per heavy atom. The number of carbonyl (C=O) groups is 2. The first-order chi connectivity index (χ1) is 26.7. The first-order valence-corrected chi connectivity index (χ1v) is 22.0. The van der Waals surface area contributed by atoms with Crippen molar-refractivity contribution in [2.24, 2.45) is 0 Å². The second-order valence-corrected chi connectivity index (χ2v) is 14.7. The van der Waals surface area contributed by atoms with Crippen LogP contribution in [0.25, 0.3) is 0 Å². The number of rotatable bonds is 37. The number of hydrogen-bond donors (Lipinski definition) is 3. The zero-order valence-corrected chi connectivity index (χ0v) is 34.7. The number of unbranched alkanes of at least 4 members (excludes halogenated alkanes) is 9. The third-order valence-electron chi connectivity index (χ3n) is 8.03. The van der Waals surface area contributed by atoms with Crippen molar-refractivity contribution in [3.05, 3.63) is 85.1 Å². The van der Waals surface area contributed by atoms with Crippen LogP contribution < -0.4 is 0 Å². The molecule has 0 saturated heterocycles. The summed E-state index contributed by atoms with van der Waals surface area (Å²) in [5, 5.41) is 18.3. The van der Waals surface area contributed by atoms with Crippen molar-refractivity contribution in [3.63, 3.8) is 0 Å². The van der Waals surface area contributed by atoms with Gasteiger partial charge in [0.25, 0.3) is 0 Å². The van der Waals surface area contributed by atoms with Crippen LogP contribution >= 0.6 is 7.82 Å². The Bertz CT molecular complexity index is 1190. The number of phosphoric ester groups is 1. The molecule has 3 N–H and O–H groups in total. The van der Waals surface area contributed by atoms with Gasteiger partial charge in [-0.3, -0.25) is 18.6 Å². The lowest BCUT2D eigenvalue weighted by atomic mass is 10.1. The summed E-state index contributed by atoms with van der Waals surface area (Å²) >= 11 is 0. The molecule has 0 aromatic rings. The maximum atomic E-state index is 12.6. The predicted octanol–water partition coefficient (Wildman–Crippen LogP) is 10.7. The number of esters is 2. The summed E-state index contributed by atoms with van der Waals surface area (Å²) in [5.74, 6) is -1.02. The zero-order chi connectivity index (χ0) is 40.5. The van der Waals surface area contributed by atoms with Crippen LogP contribution in [-0.2, 0) is 32.7 Å². The minimum atomic E-state index is -4.64. The molecule has 0 aromatic heterocycles. The second-order valence-electron chi connectivity index (χ2n) is 13.3. The highest BCUT2D eigenvalue weighted by Crippen LogP contribution is 2.43. The standard InChI is InChI=1S/C44H73O10P/c1-3-5-7-9-11-13-15-17-19-20-22-23-25-27-29-31-33-35-43(47)51-39-42(40-53-55(49,50)52-38-41(46)37-45)54-44(48)36-34-32-30-28-26-24-21-18-16-14-12-10-8-6-4-2/h5,7,11-14,17-19,21-23,27,29,41-42,45-46H,3-4,6,8-10,15-16,20,24-26,28,30-40H2,1-2H3,(H,49,50)/b7-5+,13-11+,14-12+,19-17+,21-18+,23-22+,29-27+/t41-,42+/m0/s1. The number of allylic oxidation sites excluding steroid dienone is 14. The largest absolute Gasteiger partial charge is 0.472 e. The topological polar surface area (TPSA) is 149 Å². The van der Waals surface area contributed by atoms with Gasteiger partial charge in [0.1, 0.15) is 12.7 Å². The molecule has 0 aliphatic rings. The van der Waals surface area contributed by atoms with E-state index in [0.717, 1.165) is 77.0 Å². The fraction of sp³-hybridized carbons (Fsp3) is 0.636. The fourth-order valence-electron chi connectivity index (χ4n) is 4.88. The van der Waals surface area contributed by atoms with E-state index in [2.05, 4.69) is 91.3 Å². The van der Waals surface area contributed by atoms with Crippen LogP contribution in [-0.4, -0.2) is 65.7 Å². The summed E-state index contributed by atoms with van der Waals surface area (Å²) in [6.07, 6.45) is 45.5. The Hall–Kier alpha value is -2.85. The van der Waals surface area contributed by atoms with Gasteiger partial charge in [-0.2, -0.15) is 0 Å². The van der Waals surface area contributed by atoms with Gasteiger partial charge in [-0.25, -0.2) is 4.57 Å². The number of carbonyl (C=O) groups excluding carboxylic acids is 2. The third-order valence-corrected chi connectivity index (χ3v) is 8.98. The lowest BCUT2D eigenvalue weighted by Crippen LogP contribution is -2.29. The third kappa shape index (κ3) is 39.2.